The van der Waals surface area contributed by atoms with Gasteiger partial charge in [0, 0.05) is 5.56 Å². The Balaban J connectivity index is 0.00000106. The highest BCUT2D eigenvalue weighted by atomic mass is 19.4. The summed E-state index contributed by atoms with van der Waals surface area (Å²) in [4.78, 5) is 0. The van der Waals surface area contributed by atoms with Crippen LogP contribution in [0.2, 0.25) is 0 Å². The molecule has 0 aliphatic carbocycles. The van der Waals surface area contributed by atoms with Crippen LogP contribution >= 0.6 is 0 Å². The first kappa shape index (κ1) is 14.9. The Morgan fingerprint density at radius 1 is 1.19 bits per heavy atom. The van der Waals surface area contributed by atoms with Gasteiger partial charge >= 0.3 is 6.18 Å². The molecule has 0 fully saturated rings. The molecule has 0 aromatic heterocycles. The van der Waals surface area contributed by atoms with Crippen molar-refractivity contribution in [2.45, 2.75) is 33.0 Å². The molecule has 0 bridgehead atoms. The number of nitrogens with two attached hydrogens (primary N) is 1. The van der Waals surface area contributed by atoms with Gasteiger partial charge in [0.15, 0.2) is 0 Å². The summed E-state index contributed by atoms with van der Waals surface area (Å²) < 4.78 is 49.7. The molecule has 5 heteroatoms. The van der Waals surface area contributed by atoms with Gasteiger partial charge in [0.05, 0.1) is 0 Å². The maximum Gasteiger partial charge on any atom is 0.407 e. The third kappa shape index (κ3) is 3.48. The molecule has 0 aliphatic heterocycles. The quantitative estimate of drug-likeness (QED) is 0.740. The normalized spacial score (nSPS) is 12.8. The van der Waals surface area contributed by atoms with Crippen LogP contribution < -0.4 is 5.73 Å². The topological polar surface area (TPSA) is 26.0 Å². The fraction of sp³-hybridized carbons (Fsp3) is 0.455. The lowest BCUT2D eigenvalue weighted by atomic mass is 10.0. The first-order valence-electron chi connectivity index (χ1n) is 4.91. The highest BCUT2D eigenvalue weighted by Gasteiger charge is 2.39. The zero-order valence-electron chi connectivity index (χ0n) is 9.40. The summed E-state index contributed by atoms with van der Waals surface area (Å²) in [6, 6.07) is 1.44. The third-order valence-electron chi connectivity index (χ3n) is 1.93. The fourth-order valence-corrected chi connectivity index (χ4v) is 1.20. The Morgan fingerprint density at radius 2 is 1.69 bits per heavy atom. The van der Waals surface area contributed by atoms with Crippen LogP contribution in [0, 0.1) is 12.7 Å². The lowest BCUT2D eigenvalue weighted by Crippen LogP contribution is -2.30. The number of rotatable bonds is 1. The minimum Gasteiger partial charge on any atom is -0.316 e. The predicted molar refractivity (Wildman–Crippen MR) is 55.5 cm³/mol. The summed E-state index contributed by atoms with van der Waals surface area (Å²) >= 11 is 0. The Morgan fingerprint density at radius 3 is 2.06 bits per heavy atom. The van der Waals surface area contributed by atoms with Crippen LogP contribution in [-0.4, -0.2) is 6.18 Å². The van der Waals surface area contributed by atoms with Gasteiger partial charge in [-0.15, -0.1) is 0 Å². The van der Waals surface area contributed by atoms with Crippen molar-refractivity contribution in [3.8, 4) is 0 Å². The minimum absolute atomic E-state index is 0.204. The monoisotopic (exact) mass is 237 g/mol. The third-order valence-corrected chi connectivity index (χ3v) is 1.93. The Bertz CT molecular complexity index is 313. The number of halogens is 4. The van der Waals surface area contributed by atoms with E-state index in [2.05, 4.69) is 0 Å². The summed E-state index contributed by atoms with van der Waals surface area (Å²) in [5.41, 5.74) is 4.63. The van der Waals surface area contributed by atoms with E-state index in [1.807, 2.05) is 13.8 Å². The van der Waals surface area contributed by atoms with Crippen LogP contribution in [0.3, 0.4) is 0 Å². The standard InChI is InChI=1S/C9H9F4N.C2H6/c1-5-3-2-4-6(10)7(5)8(14)9(11,12)13;1-2/h2-4,8H,14H2,1H3;1-2H3. The van der Waals surface area contributed by atoms with Crippen LogP contribution in [0.25, 0.3) is 0 Å². The smallest absolute Gasteiger partial charge is 0.316 e. The van der Waals surface area contributed by atoms with Crippen molar-refractivity contribution < 1.29 is 17.6 Å². The van der Waals surface area contributed by atoms with Crippen molar-refractivity contribution in [1.29, 1.82) is 0 Å². The lowest BCUT2D eigenvalue weighted by molar-refractivity contribution is -0.149. The van der Waals surface area contributed by atoms with Crippen molar-refractivity contribution >= 4 is 0 Å². The van der Waals surface area contributed by atoms with E-state index in [9.17, 15) is 17.6 Å². The van der Waals surface area contributed by atoms with E-state index in [1.165, 1.54) is 19.1 Å². The molecule has 0 saturated carbocycles. The van der Waals surface area contributed by atoms with Gasteiger partial charge < -0.3 is 5.73 Å². The minimum atomic E-state index is -4.62. The molecule has 1 atom stereocenters. The Hall–Kier alpha value is -1.10. The van der Waals surface area contributed by atoms with Crippen LogP contribution in [0.4, 0.5) is 17.6 Å². The van der Waals surface area contributed by atoms with Crippen LogP contribution in [0.1, 0.15) is 31.0 Å². The number of hydrogen-bond acceptors (Lipinski definition) is 1. The van der Waals surface area contributed by atoms with Crippen molar-refractivity contribution in [1.82, 2.24) is 0 Å². The SMILES string of the molecule is CC.Cc1cccc(F)c1C(N)C(F)(F)F. The summed E-state index contributed by atoms with van der Waals surface area (Å²) in [5, 5.41) is 0. The average Bonchev–Trinajstić information content (AvgIpc) is 2.19. The van der Waals surface area contributed by atoms with E-state index in [0.29, 0.717) is 0 Å². The van der Waals surface area contributed by atoms with Gasteiger partial charge in [-0.2, -0.15) is 13.2 Å². The van der Waals surface area contributed by atoms with E-state index >= 15 is 0 Å². The molecule has 0 heterocycles. The summed E-state index contributed by atoms with van der Waals surface area (Å²) in [6.07, 6.45) is -4.62. The first-order valence-corrected chi connectivity index (χ1v) is 4.91. The average molecular weight is 237 g/mol. The predicted octanol–water partition coefficient (Wildman–Crippen LogP) is 3.72. The maximum absolute atomic E-state index is 13.1. The van der Waals surface area contributed by atoms with Gasteiger partial charge in [-0.1, -0.05) is 26.0 Å². The van der Waals surface area contributed by atoms with Crippen molar-refractivity contribution in [3.05, 3.63) is 35.1 Å². The summed E-state index contributed by atoms with van der Waals surface area (Å²) in [6.45, 7) is 5.39. The van der Waals surface area contributed by atoms with Gasteiger partial charge in [-0.25, -0.2) is 4.39 Å². The number of aryl methyl sites for hydroxylation is 1. The second kappa shape index (κ2) is 5.84. The molecule has 2 N–H and O–H groups in total. The molecule has 1 unspecified atom stereocenters. The van der Waals surface area contributed by atoms with E-state index < -0.39 is 23.6 Å². The largest absolute Gasteiger partial charge is 0.407 e. The Labute approximate surface area is 92.3 Å². The summed E-state index contributed by atoms with van der Waals surface area (Å²) in [7, 11) is 0. The molecule has 1 nitrogen and oxygen atoms in total. The second-order valence-electron chi connectivity index (χ2n) is 2.99. The van der Waals surface area contributed by atoms with Gasteiger partial charge in [0.25, 0.3) is 0 Å². The molecular formula is C11H15F4N. The fourth-order valence-electron chi connectivity index (χ4n) is 1.20. The van der Waals surface area contributed by atoms with E-state index in [1.54, 1.807) is 0 Å². The van der Waals surface area contributed by atoms with E-state index in [0.717, 1.165) is 6.07 Å². The number of hydrogen-bond donors (Lipinski definition) is 1. The summed E-state index contributed by atoms with van der Waals surface area (Å²) in [5.74, 6) is -0.921. The molecule has 0 aliphatic rings. The highest BCUT2D eigenvalue weighted by Crippen LogP contribution is 2.33. The molecule has 0 radical (unpaired) electrons. The van der Waals surface area contributed by atoms with E-state index in [4.69, 9.17) is 5.73 Å². The first-order chi connectivity index (χ1) is 7.34. The molecule has 0 saturated heterocycles. The zero-order valence-corrected chi connectivity index (χ0v) is 9.40. The van der Waals surface area contributed by atoms with Crippen molar-refractivity contribution in [2.75, 3.05) is 0 Å². The van der Waals surface area contributed by atoms with Crippen molar-refractivity contribution in [2.24, 2.45) is 5.73 Å². The van der Waals surface area contributed by atoms with Crippen LogP contribution in [-0.2, 0) is 0 Å². The molecule has 0 amide bonds. The van der Waals surface area contributed by atoms with Gasteiger partial charge in [-0.3, -0.25) is 0 Å². The second-order valence-corrected chi connectivity index (χ2v) is 2.99. The zero-order chi connectivity index (χ0) is 12.9. The van der Waals surface area contributed by atoms with Gasteiger partial charge in [0.2, 0.25) is 0 Å². The molecule has 1 aromatic carbocycles. The molecular weight excluding hydrogens is 222 g/mol. The number of alkyl halides is 3. The molecule has 92 valence electrons. The lowest BCUT2D eigenvalue weighted by Gasteiger charge is -2.18. The highest BCUT2D eigenvalue weighted by molar-refractivity contribution is 5.31. The number of benzene rings is 1. The van der Waals surface area contributed by atoms with Crippen LogP contribution in [0.15, 0.2) is 18.2 Å². The maximum atomic E-state index is 13.1. The molecule has 1 aromatic rings. The van der Waals surface area contributed by atoms with Gasteiger partial charge in [-0.05, 0) is 18.6 Å². The molecule has 1 rings (SSSR count). The molecule has 0 spiro atoms. The van der Waals surface area contributed by atoms with Crippen molar-refractivity contribution in [3.63, 3.8) is 0 Å². The van der Waals surface area contributed by atoms with E-state index in [-0.39, 0.29) is 5.56 Å². The van der Waals surface area contributed by atoms with Gasteiger partial charge in [0.1, 0.15) is 11.9 Å². The Kier molecular flexibility index (Phi) is 5.44. The molecule has 16 heavy (non-hydrogen) atoms. The van der Waals surface area contributed by atoms with Crippen LogP contribution in [0.5, 0.6) is 0 Å².